The van der Waals surface area contributed by atoms with Crippen molar-refractivity contribution >= 4 is 5.96 Å². The molecule has 1 saturated heterocycles. The zero-order valence-electron chi connectivity index (χ0n) is 16.3. The van der Waals surface area contributed by atoms with Crippen LogP contribution in [0.5, 0.6) is 0 Å². The fourth-order valence-electron chi connectivity index (χ4n) is 4.38. The van der Waals surface area contributed by atoms with Gasteiger partial charge in [-0.25, -0.2) is 0 Å². The van der Waals surface area contributed by atoms with Gasteiger partial charge in [0.25, 0.3) is 0 Å². The maximum Gasteiger partial charge on any atom is 0.193 e. The van der Waals surface area contributed by atoms with Gasteiger partial charge in [0.05, 0.1) is 6.61 Å². The zero-order chi connectivity index (χ0) is 18.0. The van der Waals surface area contributed by atoms with Gasteiger partial charge < -0.3 is 15.0 Å². The number of likely N-dealkylation sites (tertiary alicyclic amines) is 1. The average molecular weight is 358 g/mol. The molecule has 144 valence electrons. The van der Waals surface area contributed by atoms with Crippen LogP contribution in [0.15, 0.2) is 35.3 Å². The fraction of sp³-hybridized carbons (Fsp3) is 0.682. The summed E-state index contributed by atoms with van der Waals surface area (Å²) in [5, 5.41) is 3.56. The van der Waals surface area contributed by atoms with E-state index in [4.69, 9.17) is 4.74 Å². The van der Waals surface area contributed by atoms with E-state index in [0.717, 1.165) is 56.8 Å². The monoisotopic (exact) mass is 357 g/mol. The Hall–Kier alpha value is -1.55. The highest BCUT2D eigenvalue weighted by Crippen LogP contribution is 2.35. The van der Waals surface area contributed by atoms with Gasteiger partial charge in [0.1, 0.15) is 0 Å². The molecule has 0 bridgehead atoms. The molecule has 1 aliphatic heterocycles. The van der Waals surface area contributed by atoms with Crippen molar-refractivity contribution in [2.24, 2.45) is 16.8 Å². The number of nitrogens with zero attached hydrogens (tertiary/aromatic N) is 2. The number of unbranched alkanes of at least 4 members (excludes halogenated alkanes) is 1. The quantitative estimate of drug-likeness (QED) is 0.438. The first-order valence-corrected chi connectivity index (χ1v) is 10.4. The SMILES string of the molecule is CN=C(NCCCCOCCc1ccccc1)N1CC2CCCCC2C1. The Morgan fingerprint density at radius 3 is 2.50 bits per heavy atom. The fourth-order valence-corrected chi connectivity index (χ4v) is 4.38. The molecule has 1 aromatic carbocycles. The normalized spacial score (nSPS) is 23.1. The van der Waals surface area contributed by atoms with Crippen LogP contribution in [0, 0.1) is 11.8 Å². The van der Waals surface area contributed by atoms with Crippen molar-refractivity contribution in [3.05, 3.63) is 35.9 Å². The molecule has 2 aliphatic rings. The lowest BCUT2D eigenvalue weighted by Gasteiger charge is -2.22. The minimum absolute atomic E-state index is 0.815. The average Bonchev–Trinajstić information content (AvgIpc) is 3.11. The maximum absolute atomic E-state index is 5.77. The van der Waals surface area contributed by atoms with Crippen LogP contribution < -0.4 is 5.32 Å². The van der Waals surface area contributed by atoms with Crippen molar-refractivity contribution < 1.29 is 4.74 Å². The van der Waals surface area contributed by atoms with Gasteiger partial charge in [-0.05, 0) is 49.5 Å². The number of nitrogens with one attached hydrogen (secondary N) is 1. The highest BCUT2D eigenvalue weighted by Gasteiger charge is 2.35. The smallest absolute Gasteiger partial charge is 0.193 e. The molecular formula is C22H35N3O. The first-order chi connectivity index (χ1) is 12.9. The summed E-state index contributed by atoms with van der Waals surface area (Å²) >= 11 is 0. The molecule has 1 heterocycles. The highest BCUT2D eigenvalue weighted by atomic mass is 16.5. The summed E-state index contributed by atoms with van der Waals surface area (Å²) in [5.74, 6) is 2.91. The zero-order valence-corrected chi connectivity index (χ0v) is 16.3. The van der Waals surface area contributed by atoms with E-state index >= 15 is 0 Å². The van der Waals surface area contributed by atoms with E-state index < -0.39 is 0 Å². The Kier molecular flexibility index (Phi) is 7.81. The standard InChI is InChI=1S/C22H35N3O/c1-23-22(25-17-20-11-5-6-12-21(20)18-25)24-14-7-8-15-26-16-13-19-9-3-2-4-10-19/h2-4,9-10,20-21H,5-8,11-18H2,1H3,(H,23,24). The largest absolute Gasteiger partial charge is 0.381 e. The van der Waals surface area contributed by atoms with E-state index in [9.17, 15) is 0 Å². The topological polar surface area (TPSA) is 36.9 Å². The van der Waals surface area contributed by atoms with Crippen LogP contribution in [0.25, 0.3) is 0 Å². The van der Waals surface area contributed by atoms with Gasteiger partial charge in [-0.3, -0.25) is 4.99 Å². The summed E-state index contributed by atoms with van der Waals surface area (Å²) < 4.78 is 5.77. The number of ether oxygens (including phenoxy) is 1. The Balaban J connectivity index is 1.24. The third kappa shape index (κ3) is 5.73. The molecule has 1 aliphatic carbocycles. The van der Waals surface area contributed by atoms with Gasteiger partial charge in [-0.15, -0.1) is 0 Å². The van der Waals surface area contributed by atoms with Crippen LogP contribution in [0.4, 0.5) is 0 Å². The lowest BCUT2D eigenvalue weighted by Crippen LogP contribution is -2.40. The van der Waals surface area contributed by atoms with E-state index in [1.807, 2.05) is 7.05 Å². The molecule has 1 saturated carbocycles. The van der Waals surface area contributed by atoms with Crippen LogP contribution in [-0.4, -0.2) is 50.8 Å². The Bertz CT molecular complexity index is 532. The molecule has 26 heavy (non-hydrogen) atoms. The molecule has 2 fully saturated rings. The van der Waals surface area contributed by atoms with Gasteiger partial charge in [-0.2, -0.15) is 0 Å². The first-order valence-electron chi connectivity index (χ1n) is 10.4. The number of hydrogen-bond donors (Lipinski definition) is 1. The van der Waals surface area contributed by atoms with Crippen LogP contribution in [0.1, 0.15) is 44.1 Å². The maximum atomic E-state index is 5.77. The van der Waals surface area contributed by atoms with Crippen LogP contribution >= 0.6 is 0 Å². The van der Waals surface area contributed by atoms with E-state index in [1.54, 1.807) is 0 Å². The second kappa shape index (κ2) is 10.6. The number of benzene rings is 1. The van der Waals surface area contributed by atoms with Gasteiger partial charge in [-0.1, -0.05) is 43.2 Å². The van der Waals surface area contributed by atoms with Crippen molar-refractivity contribution in [3.63, 3.8) is 0 Å². The number of hydrogen-bond acceptors (Lipinski definition) is 2. The van der Waals surface area contributed by atoms with Gasteiger partial charge in [0.15, 0.2) is 5.96 Å². The molecular weight excluding hydrogens is 322 g/mol. The van der Waals surface area contributed by atoms with E-state index in [0.29, 0.717) is 0 Å². The van der Waals surface area contributed by atoms with Crippen LogP contribution in [-0.2, 0) is 11.2 Å². The van der Waals surface area contributed by atoms with Crippen molar-refractivity contribution in [2.45, 2.75) is 44.9 Å². The number of aliphatic imine (C=N–C) groups is 1. The molecule has 2 atom stereocenters. The number of fused-ring (bicyclic) bond motifs is 1. The Labute approximate surface area is 159 Å². The van der Waals surface area contributed by atoms with E-state index in [-0.39, 0.29) is 0 Å². The lowest BCUT2D eigenvalue weighted by molar-refractivity contribution is 0.133. The number of guanidine groups is 1. The lowest BCUT2D eigenvalue weighted by atomic mass is 9.82. The predicted octanol–water partition coefficient (Wildman–Crippen LogP) is 3.72. The molecule has 3 rings (SSSR count). The third-order valence-electron chi connectivity index (χ3n) is 5.86. The predicted molar refractivity (Wildman–Crippen MR) is 109 cm³/mol. The summed E-state index contributed by atoms with van der Waals surface area (Å²) in [6, 6.07) is 10.5. The summed E-state index contributed by atoms with van der Waals surface area (Å²) in [7, 11) is 1.91. The molecule has 0 radical (unpaired) electrons. The minimum atomic E-state index is 0.815. The van der Waals surface area contributed by atoms with Crippen LogP contribution in [0.3, 0.4) is 0 Å². The molecule has 0 spiro atoms. The van der Waals surface area contributed by atoms with Crippen molar-refractivity contribution in [1.82, 2.24) is 10.2 Å². The first kappa shape index (κ1) is 19.2. The molecule has 4 nitrogen and oxygen atoms in total. The van der Waals surface area contributed by atoms with E-state index in [1.165, 1.54) is 44.3 Å². The third-order valence-corrected chi connectivity index (χ3v) is 5.86. The van der Waals surface area contributed by atoms with Gasteiger partial charge in [0.2, 0.25) is 0 Å². The van der Waals surface area contributed by atoms with Gasteiger partial charge in [0, 0.05) is 33.3 Å². The number of rotatable bonds is 8. The highest BCUT2D eigenvalue weighted by molar-refractivity contribution is 5.80. The van der Waals surface area contributed by atoms with E-state index in [2.05, 4.69) is 45.5 Å². The summed E-state index contributed by atoms with van der Waals surface area (Å²) in [6.07, 6.45) is 8.91. The Morgan fingerprint density at radius 1 is 1.08 bits per heavy atom. The van der Waals surface area contributed by atoms with Crippen molar-refractivity contribution in [1.29, 1.82) is 0 Å². The second-order valence-electron chi connectivity index (χ2n) is 7.74. The summed E-state index contributed by atoms with van der Waals surface area (Å²) in [5.41, 5.74) is 1.35. The molecule has 0 amide bonds. The second-order valence-corrected chi connectivity index (χ2v) is 7.74. The summed E-state index contributed by atoms with van der Waals surface area (Å²) in [4.78, 5) is 6.99. The molecule has 1 N–H and O–H groups in total. The van der Waals surface area contributed by atoms with Crippen molar-refractivity contribution in [2.75, 3.05) is 39.9 Å². The van der Waals surface area contributed by atoms with Crippen LogP contribution in [0.2, 0.25) is 0 Å². The van der Waals surface area contributed by atoms with Gasteiger partial charge >= 0.3 is 0 Å². The molecule has 0 aromatic heterocycles. The Morgan fingerprint density at radius 2 is 1.81 bits per heavy atom. The molecule has 2 unspecified atom stereocenters. The summed E-state index contributed by atoms with van der Waals surface area (Å²) in [6.45, 7) is 5.05. The molecule has 1 aromatic rings. The molecule has 4 heteroatoms. The minimum Gasteiger partial charge on any atom is -0.381 e. The van der Waals surface area contributed by atoms with Crippen molar-refractivity contribution in [3.8, 4) is 0 Å².